The summed E-state index contributed by atoms with van der Waals surface area (Å²) in [4.78, 5) is 18.4. The predicted octanol–water partition coefficient (Wildman–Crippen LogP) is 2.27. The molecule has 0 aliphatic rings. The first-order chi connectivity index (χ1) is 10.8. The molecule has 0 saturated carbocycles. The molecule has 2 heterocycles. The van der Waals surface area contributed by atoms with E-state index in [1.54, 1.807) is 30.5 Å². The second-order valence-electron chi connectivity index (χ2n) is 5.37. The van der Waals surface area contributed by atoms with Crippen LogP contribution in [0, 0.1) is 6.92 Å². The molecule has 3 rings (SSSR count). The first kappa shape index (κ1) is 15.2. The molecule has 0 unspecified atom stereocenters. The van der Waals surface area contributed by atoms with E-state index in [0.717, 1.165) is 34.0 Å². The number of nitrogens with zero attached hydrogens (tertiary/aromatic N) is 1. The van der Waals surface area contributed by atoms with E-state index >= 15 is 0 Å². The average molecular weight is 329 g/mol. The standard InChI is InChI=1S/C16H15N3O3S/c1-10-7-15(11-3-6-16(20)17-9-11)18-14-5-4-12(8-13(10)14)19-23(2,21)22/h3-9,19H,1-2H3,(H,17,20). The molecule has 6 nitrogen and oxygen atoms in total. The van der Waals surface area contributed by atoms with Gasteiger partial charge in [0.2, 0.25) is 15.6 Å². The normalized spacial score (nSPS) is 11.6. The number of anilines is 1. The summed E-state index contributed by atoms with van der Waals surface area (Å²) in [6, 6.07) is 10.3. The lowest BCUT2D eigenvalue weighted by molar-refractivity contribution is 0.607. The van der Waals surface area contributed by atoms with Crippen molar-refractivity contribution in [2.75, 3.05) is 11.0 Å². The third kappa shape index (κ3) is 3.40. The Kier molecular flexibility index (Phi) is 3.65. The summed E-state index contributed by atoms with van der Waals surface area (Å²) in [5.74, 6) is 0. The van der Waals surface area contributed by atoms with E-state index in [2.05, 4.69) is 14.7 Å². The minimum Gasteiger partial charge on any atom is -0.328 e. The fraction of sp³-hybridized carbons (Fsp3) is 0.125. The second-order valence-corrected chi connectivity index (χ2v) is 7.12. The van der Waals surface area contributed by atoms with Gasteiger partial charge in [0.05, 0.1) is 17.5 Å². The number of hydrogen-bond donors (Lipinski definition) is 2. The Morgan fingerprint density at radius 3 is 2.57 bits per heavy atom. The van der Waals surface area contributed by atoms with Crippen molar-refractivity contribution in [1.29, 1.82) is 0 Å². The van der Waals surface area contributed by atoms with Crippen LogP contribution in [0.2, 0.25) is 0 Å². The zero-order valence-corrected chi connectivity index (χ0v) is 13.4. The number of pyridine rings is 2. The first-order valence-electron chi connectivity index (χ1n) is 6.90. The first-order valence-corrected chi connectivity index (χ1v) is 8.79. The third-order valence-electron chi connectivity index (χ3n) is 3.40. The molecule has 0 spiro atoms. The molecule has 0 amide bonds. The summed E-state index contributed by atoms with van der Waals surface area (Å²) in [5, 5.41) is 0.867. The zero-order chi connectivity index (χ0) is 16.6. The van der Waals surface area contributed by atoms with Gasteiger partial charge in [-0.25, -0.2) is 13.4 Å². The van der Waals surface area contributed by atoms with Crippen molar-refractivity contribution in [3.05, 3.63) is 58.5 Å². The van der Waals surface area contributed by atoms with Crippen molar-refractivity contribution >= 4 is 26.6 Å². The van der Waals surface area contributed by atoms with Crippen LogP contribution >= 0.6 is 0 Å². The van der Waals surface area contributed by atoms with Gasteiger partial charge in [-0.15, -0.1) is 0 Å². The highest BCUT2D eigenvalue weighted by Crippen LogP contribution is 2.26. The SMILES string of the molecule is Cc1cc(-c2ccc(=O)[nH]c2)nc2ccc(NS(C)(=O)=O)cc12. The highest BCUT2D eigenvalue weighted by atomic mass is 32.2. The van der Waals surface area contributed by atoms with Gasteiger partial charge in [0.25, 0.3) is 0 Å². The van der Waals surface area contributed by atoms with Gasteiger partial charge >= 0.3 is 0 Å². The van der Waals surface area contributed by atoms with Crippen molar-refractivity contribution in [3.63, 3.8) is 0 Å². The number of benzene rings is 1. The summed E-state index contributed by atoms with van der Waals surface area (Å²) in [6.45, 7) is 1.93. The van der Waals surface area contributed by atoms with Crippen LogP contribution < -0.4 is 10.3 Å². The molecule has 0 bridgehead atoms. The van der Waals surface area contributed by atoms with E-state index in [1.165, 1.54) is 6.07 Å². The van der Waals surface area contributed by atoms with Crippen LogP contribution in [0.5, 0.6) is 0 Å². The zero-order valence-electron chi connectivity index (χ0n) is 12.6. The quantitative estimate of drug-likeness (QED) is 0.771. The monoisotopic (exact) mass is 329 g/mol. The van der Waals surface area contributed by atoms with Crippen molar-refractivity contribution in [2.45, 2.75) is 6.92 Å². The molecule has 2 aromatic heterocycles. The molecule has 0 aliphatic carbocycles. The van der Waals surface area contributed by atoms with Gasteiger partial charge in [-0.2, -0.15) is 0 Å². The Morgan fingerprint density at radius 2 is 1.91 bits per heavy atom. The molecule has 0 atom stereocenters. The fourth-order valence-corrected chi connectivity index (χ4v) is 2.94. The van der Waals surface area contributed by atoms with Gasteiger partial charge in [0.15, 0.2) is 0 Å². The number of sulfonamides is 1. The van der Waals surface area contributed by atoms with Gasteiger partial charge < -0.3 is 4.98 Å². The van der Waals surface area contributed by atoms with Crippen molar-refractivity contribution in [1.82, 2.24) is 9.97 Å². The van der Waals surface area contributed by atoms with Gasteiger partial charge in [-0.05, 0) is 42.8 Å². The number of fused-ring (bicyclic) bond motifs is 1. The lowest BCUT2D eigenvalue weighted by Gasteiger charge is -2.09. The average Bonchev–Trinajstić information content (AvgIpc) is 2.47. The Bertz CT molecular complexity index is 1040. The van der Waals surface area contributed by atoms with Crippen molar-refractivity contribution in [3.8, 4) is 11.3 Å². The van der Waals surface area contributed by atoms with Crippen LogP contribution in [0.25, 0.3) is 22.2 Å². The van der Waals surface area contributed by atoms with E-state index in [4.69, 9.17) is 0 Å². The molecule has 23 heavy (non-hydrogen) atoms. The maximum atomic E-state index is 11.3. The summed E-state index contributed by atoms with van der Waals surface area (Å²) in [6.07, 6.45) is 2.73. The summed E-state index contributed by atoms with van der Waals surface area (Å²) >= 11 is 0. The number of nitrogens with one attached hydrogen (secondary N) is 2. The Morgan fingerprint density at radius 1 is 1.13 bits per heavy atom. The number of aromatic amines is 1. The molecule has 118 valence electrons. The van der Waals surface area contributed by atoms with Crippen LogP contribution in [-0.4, -0.2) is 24.6 Å². The molecular formula is C16H15N3O3S. The third-order valence-corrected chi connectivity index (χ3v) is 4.01. The number of aryl methyl sites for hydroxylation is 1. The largest absolute Gasteiger partial charge is 0.328 e. The predicted molar refractivity (Wildman–Crippen MR) is 91.0 cm³/mol. The minimum absolute atomic E-state index is 0.164. The molecule has 0 radical (unpaired) electrons. The van der Waals surface area contributed by atoms with E-state index in [9.17, 15) is 13.2 Å². The maximum Gasteiger partial charge on any atom is 0.247 e. The maximum absolute atomic E-state index is 11.3. The van der Waals surface area contributed by atoms with E-state index < -0.39 is 10.0 Å². The van der Waals surface area contributed by atoms with Gasteiger partial charge in [0, 0.05) is 28.9 Å². The van der Waals surface area contributed by atoms with E-state index in [0.29, 0.717) is 5.69 Å². The number of aromatic nitrogens is 2. The molecular weight excluding hydrogens is 314 g/mol. The Balaban J connectivity index is 2.11. The Hall–Kier alpha value is -2.67. The second kappa shape index (κ2) is 5.51. The molecule has 0 fully saturated rings. The number of H-pyrrole nitrogens is 1. The highest BCUT2D eigenvalue weighted by Gasteiger charge is 2.08. The number of rotatable bonds is 3. The molecule has 0 aliphatic heterocycles. The van der Waals surface area contributed by atoms with Crippen LogP contribution in [0.4, 0.5) is 5.69 Å². The minimum atomic E-state index is -3.32. The molecule has 2 N–H and O–H groups in total. The number of hydrogen-bond acceptors (Lipinski definition) is 4. The lowest BCUT2D eigenvalue weighted by Crippen LogP contribution is -2.09. The van der Waals surface area contributed by atoms with Crippen LogP contribution in [-0.2, 0) is 10.0 Å². The summed E-state index contributed by atoms with van der Waals surface area (Å²) in [5.41, 5.74) is 3.62. The molecule has 0 saturated heterocycles. The fourth-order valence-electron chi connectivity index (χ4n) is 2.39. The van der Waals surface area contributed by atoms with Gasteiger partial charge in [0.1, 0.15) is 0 Å². The van der Waals surface area contributed by atoms with E-state index in [-0.39, 0.29) is 5.56 Å². The molecule has 1 aromatic carbocycles. The Labute approximate surface area is 133 Å². The van der Waals surface area contributed by atoms with Crippen LogP contribution in [0.15, 0.2) is 47.4 Å². The smallest absolute Gasteiger partial charge is 0.247 e. The van der Waals surface area contributed by atoms with Crippen molar-refractivity contribution in [2.24, 2.45) is 0 Å². The molecule has 7 heteroatoms. The summed E-state index contributed by atoms with van der Waals surface area (Å²) < 4.78 is 25.1. The van der Waals surface area contributed by atoms with E-state index in [1.807, 2.05) is 13.0 Å². The van der Waals surface area contributed by atoms with Crippen LogP contribution in [0.3, 0.4) is 0 Å². The van der Waals surface area contributed by atoms with Crippen molar-refractivity contribution < 1.29 is 8.42 Å². The van der Waals surface area contributed by atoms with Crippen LogP contribution in [0.1, 0.15) is 5.56 Å². The summed E-state index contributed by atoms with van der Waals surface area (Å²) in [7, 11) is -3.32. The topological polar surface area (TPSA) is 91.9 Å². The van der Waals surface area contributed by atoms with Gasteiger partial charge in [-0.1, -0.05) is 0 Å². The van der Waals surface area contributed by atoms with Gasteiger partial charge in [-0.3, -0.25) is 9.52 Å². The highest BCUT2D eigenvalue weighted by molar-refractivity contribution is 7.92. The molecule has 3 aromatic rings. The lowest BCUT2D eigenvalue weighted by atomic mass is 10.1.